The molecule has 2 rings (SSSR count). The fraction of sp³-hybridized carbons (Fsp3) is 0.188. The van der Waals surface area contributed by atoms with E-state index in [9.17, 15) is 14.9 Å². The Morgan fingerprint density at radius 1 is 1.18 bits per heavy atom. The number of aryl methyl sites for hydroxylation is 1. The Morgan fingerprint density at radius 2 is 1.86 bits per heavy atom. The highest BCUT2D eigenvalue weighted by Crippen LogP contribution is 2.27. The molecule has 0 radical (unpaired) electrons. The summed E-state index contributed by atoms with van der Waals surface area (Å²) < 4.78 is 10.3. The minimum absolute atomic E-state index is 0.0897. The molecule has 6 nitrogen and oxygen atoms in total. The van der Waals surface area contributed by atoms with Crippen molar-refractivity contribution >= 4 is 11.5 Å². The molecule has 2 aromatic carbocycles. The number of ketones is 1. The molecule has 0 fully saturated rings. The van der Waals surface area contributed by atoms with Gasteiger partial charge in [-0.05, 0) is 42.8 Å². The zero-order valence-corrected chi connectivity index (χ0v) is 12.2. The van der Waals surface area contributed by atoms with E-state index in [0.717, 1.165) is 5.56 Å². The molecular weight excluding hydrogens is 286 g/mol. The predicted octanol–water partition coefficient (Wildman–Crippen LogP) is 3.17. The SMILES string of the molecule is COc1ccc(C(=O)COc2cc(C)ccc2[N+](=O)[O-])cc1. The lowest BCUT2D eigenvalue weighted by molar-refractivity contribution is -0.385. The van der Waals surface area contributed by atoms with Crippen LogP contribution in [0.5, 0.6) is 11.5 Å². The highest BCUT2D eigenvalue weighted by molar-refractivity contribution is 5.97. The molecule has 0 aliphatic rings. The molecule has 0 amide bonds. The molecule has 0 saturated carbocycles. The number of nitro groups is 1. The monoisotopic (exact) mass is 301 g/mol. The molecule has 0 bridgehead atoms. The van der Waals surface area contributed by atoms with Gasteiger partial charge in [0.15, 0.2) is 18.1 Å². The molecule has 0 unspecified atom stereocenters. The van der Waals surface area contributed by atoms with Gasteiger partial charge in [0.2, 0.25) is 0 Å². The van der Waals surface area contributed by atoms with Crippen LogP contribution in [0, 0.1) is 17.0 Å². The number of methoxy groups -OCH3 is 1. The van der Waals surface area contributed by atoms with Crippen molar-refractivity contribution in [1.82, 2.24) is 0 Å². The van der Waals surface area contributed by atoms with Crippen LogP contribution in [-0.2, 0) is 0 Å². The van der Waals surface area contributed by atoms with Gasteiger partial charge in [-0.25, -0.2) is 0 Å². The topological polar surface area (TPSA) is 78.7 Å². The van der Waals surface area contributed by atoms with Crippen LogP contribution in [0.15, 0.2) is 42.5 Å². The van der Waals surface area contributed by atoms with Crippen LogP contribution in [0.2, 0.25) is 0 Å². The summed E-state index contributed by atoms with van der Waals surface area (Å²) in [5, 5.41) is 10.9. The maximum absolute atomic E-state index is 12.0. The van der Waals surface area contributed by atoms with Gasteiger partial charge in [-0.1, -0.05) is 6.07 Å². The van der Waals surface area contributed by atoms with Crippen molar-refractivity contribution in [3.8, 4) is 11.5 Å². The highest BCUT2D eigenvalue weighted by atomic mass is 16.6. The first-order chi connectivity index (χ1) is 10.5. The van der Waals surface area contributed by atoms with Crippen LogP contribution in [0.25, 0.3) is 0 Å². The first kappa shape index (κ1) is 15.5. The number of rotatable bonds is 6. The maximum Gasteiger partial charge on any atom is 0.310 e. The number of benzene rings is 2. The quantitative estimate of drug-likeness (QED) is 0.465. The minimum Gasteiger partial charge on any atom is -0.497 e. The number of carbonyl (C=O) groups excluding carboxylic acids is 1. The van der Waals surface area contributed by atoms with Gasteiger partial charge >= 0.3 is 5.69 Å². The van der Waals surface area contributed by atoms with Crippen molar-refractivity contribution in [2.45, 2.75) is 6.92 Å². The summed E-state index contributed by atoms with van der Waals surface area (Å²) in [7, 11) is 1.54. The van der Waals surface area contributed by atoms with E-state index >= 15 is 0 Å². The third-order valence-corrected chi connectivity index (χ3v) is 3.08. The zero-order chi connectivity index (χ0) is 16.1. The second-order valence-corrected chi connectivity index (χ2v) is 4.67. The highest BCUT2D eigenvalue weighted by Gasteiger charge is 2.16. The number of carbonyl (C=O) groups is 1. The van der Waals surface area contributed by atoms with Gasteiger partial charge in [0, 0.05) is 11.6 Å². The number of nitrogens with zero attached hydrogens (tertiary/aromatic N) is 1. The molecule has 0 atom stereocenters. The summed E-state index contributed by atoms with van der Waals surface area (Å²) in [5.41, 5.74) is 1.11. The van der Waals surface area contributed by atoms with Gasteiger partial charge in [-0.2, -0.15) is 0 Å². The van der Waals surface area contributed by atoms with E-state index in [0.29, 0.717) is 11.3 Å². The van der Waals surface area contributed by atoms with Crippen molar-refractivity contribution in [3.63, 3.8) is 0 Å². The zero-order valence-electron chi connectivity index (χ0n) is 12.2. The molecule has 0 aromatic heterocycles. The molecule has 0 aliphatic carbocycles. The molecule has 2 aromatic rings. The van der Waals surface area contributed by atoms with Crippen molar-refractivity contribution in [3.05, 3.63) is 63.7 Å². The van der Waals surface area contributed by atoms with Crippen molar-refractivity contribution in [2.24, 2.45) is 0 Å². The van der Waals surface area contributed by atoms with Crippen molar-refractivity contribution in [1.29, 1.82) is 0 Å². The normalized spacial score (nSPS) is 10.1. The molecule has 114 valence electrons. The first-order valence-electron chi connectivity index (χ1n) is 6.56. The van der Waals surface area contributed by atoms with E-state index in [4.69, 9.17) is 9.47 Å². The summed E-state index contributed by atoms with van der Waals surface area (Å²) in [6.07, 6.45) is 0. The van der Waals surface area contributed by atoms with Crippen LogP contribution in [0.3, 0.4) is 0 Å². The smallest absolute Gasteiger partial charge is 0.310 e. The van der Waals surface area contributed by atoms with Crippen LogP contribution in [-0.4, -0.2) is 24.4 Å². The molecule has 0 N–H and O–H groups in total. The van der Waals surface area contributed by atoms with Crippen LogP contribution in [0.1, 0.15) is 15.9 Å². The molecule has 22 heavy (non-hydrogen) atoms. The minimum atomic E-state index is -0.535. The number of Topliss-reactive ketones (excluding diaryl/α,β-unsaturated/α-hetero) is 1. The molecule has 0 spiro atoms. The summed E-state index contributed by atoms with van der Waals surface area (Å²) in [6.45, 7) is 1.53. The third kappa shape index (κ3) is 3.60. The predicted molar refractivity (Wildman–Crippen MR) is 80.7 cm³/mol. The number of hydrogen-bond acceptors (Lipinski definition) is 5. The number of nitro benzene ring substituents is 1. The summed E-state index contributed by atoms with van der Waals surface area (Å²) in [4.78, 5) is 22.5. The molecule has 0 saturated heterocycles. The molecular formula is C16H15NO5. The summed E-state index contributed by atoms with van der Waals surface area (Å²) >= 11 is 0. The summed E-state index contributed by atoms with van der Waals surface area (Å²) in [5.74, 6) is 0.470. The Bertz CT molecular complexity index is 694. The fourth-order valence-corrected chi connectivity index (χ4v) is 1.89. The maximum atomic E-state index is 12.0. The standard InChI is InChI=1S/C16H15NO5/c1-11-3-8-14(17(19)20)16(9-11)22-10-15(18)12-4-6-13(21-2)7-5-12/h3-9H,10H2,1-2H3. The Hall–Kier alpha value is -2.89. The second kappa shape index (κ2) is 6.71. The second-order valence-electron chi connectivity index (χ2n) is 4.67. The van der Waals surface area contributed by atoms with Gasteiger partial charge in [-0.15, -0.1) is 0 Å². The summed E-state index contributed by atoms with van der Waals surface area (Å²) in [6, 6.07) is 11.1. The van der Waals surface area contributed by atoms with Gasteiger partial charge in [0.25, 0.3) is 0 Å². The molecule has 6 heteroatoms. The van der Waals surface area contributed by atoms with Crippen LogP contribution >= 0.6 is 0 Å². The lowest BCUT2D eigenvalue weighted by Gasteiger charge is -2.07. The molecule has 0 aliphatic heterocycles. The van der Waals surface area contributed by atoms with E-state index in [-0.39, 0.29) is 23.8 Å². The van der Waals surface area contributed by atoms with E-state index in [2.05, 4.69) is 0 Å². The van der Waals surface area contributed by atoms with Gasteiger partial charge < -0.3 is 9.47 Å². The first-order valence-corrected chi connectivity index (χ1v) is 6.56. The Morgan fingerprint density at radius 3 is 2.45 bits per heavy atom. The van der Waals surface area contributed by atoms with Gasteiger partial charge in [0.1, 0.15) is 5.75 Å². The van der Waals surface area contributed by atoms with Crippen molar-refractivity contribution < 1.29 is 19.2 Å². The van der Waals surface area contributed by atoms with Gasteiger partial charge in [-0.3, -0.25) is 14.9 Å². The number of ether oxygens (including phenoxy) is 2. The van der Waals surface area contributed by atoms with Gasteiger partial charge in [0.05, 0.1) is 12.0 Å². The van der Waals surface area contributed by atoms with E-state index in [1.54, 1.807) is 43.3 Å². The van der Waals surface area contributed by atoms with Crippen LogP contribution in [0.4, 0.5) is 5.69 Å². The van der Waals surface area contributed by atoms with E-state index in [1.807, 2.05) is 0 Å². The lowest BCUT2D eigenvalue weighted by atomic mass is 10.1. The Kier molecular flexibility index (Phi) is 4.73. The average molecular weight is 301 g/mol. The van der Waals surface area contributed by atoms with E-state index in [1.165, 1.54) is 13.2 Å². The fourth-order valence-electron chi connectivity index (χ4n) is 1.89. The largest absolute Gasteiger partial charge is 0.497 e. The van der Waals surface area contributed by atoms with Crippen LogP contribution < -0.4 is 9.47 Å². The Labute approximate surface area is 127 Å². The molecule has 0 heterocycles. The third-order valence-electron chi connectivity index (χ3n) is 3.08. The Balaban J connectivity index is 2.10. The van der Waals surface area contributed by atoms with Crippen molar-refractivity contribution in [2.75, 3.05) is 13.7 Å². The van der Waals surface area contributed by atoms with E-state index < -0.39 is 4.92 Å². The number of hydrogen-bond donors (Lipinski definition) is 0. The average Bonchev–Trinajstić information content (AvgIpc) is 2.52. The lowest BCUT2D eigenvalue weighted by Crippen LogP contribution is -2.12.